The summed E-state index contributed by atoms with van der Waals surface area (Å²) in [5.41, 5.74) is 1.71. The van der Waals surface area contributed by atoms with Gasteiger partial charge in [0.2, 0.25) is 0 Å². The maximum absolute atomic E-state index is 12.4. The molecule has 148 valence electrons. The summed E-state index contributed by atoms with van der Waals surface area (Å²) in [4.78, 5) is 12.4. The van der Waals surface area contributed by atoms with Gasteiger partial charge in [0.05, 0.1) is 0 Å². The highest BCUT2D eigenvalue weighted by atomic mass is 32.2. The summed E-state index contributed by atoms with van der Waals surface area (Å²) in [7, 11) is 0. The van der Waals surface area contributed by atoms with Gasteiger partial charge in [-0.25, -0.2) is 0 Å². The Kier molecular flexibility index (Phi) is 6.92. The lowest BCUT2D eigenvalue weighted by molar-refractivity contribution is 0.0953. The van der Waals surface area contributed by atoms with Crippen molar-refractivity contribution in [1.29, 1.82) is 0 Å². The van der Waals surface area contributed by atoms with Gasteiger partial charge in [-0.15, -0.1) is 10.2 Å². The van der Waals surface area contributed by atoms with Crippen molar-refractivity contribution in [2.45, 2.75) is 38.4 Å². The molecule has 0 bridgehead atoms. The molecule has 0 aliphatic rings. The molecule has 2 aromatic heterocycles. The first-order valence-electron chi connectivity index (χ1n) is 9.56. The summed E-state index contributed by atoms with van der Waals surface area (Å²) in [6.45, 7) is 5.91. The first-order valence-corrected chi connectivity index (χ1v) is 10.8. The molecule has 3 aromatic rings. The molecule has 0 fully saturated rings. The maximum Gasteiger partial charge on any atom is 0.251 e. The molecule has 1 N–H and O–H groups in total. The molecule has 7 heteroatoms. The third-order valence-corrected chi connectivity index (χ3v) is 5.09. The average molecular weight is 398 g/mol. The smallest absolute Gasteiger partial charge is 0.251 e. The van der Waals surface area contributed by atoms with E-state index in [2.05, 4.69) is 33.9 Å². The normalized spacial score (nSPS) is 11.1. The number of hydrogen-bond donors (Lipinski definition) is 1. The Morgan fingerprint density at radius 3 is 2.50 bits per heavy atom. The van der Waals surface area contributed by atoms with Crippen molar-refractivity contribution in [3.8, 4) is 5.69 Å². The third-order valence-electron chi connectivity index (χ3n) is 4.42. The molecule has 2 heterocycles. The summed E-state index contributed by atoms with van der Waals surface area (Å²) in [6.07, 6.45) is 7.61. The van der Waals surface area contributed by atoms with E-state index in [1.54, 1.807) is 11.8 Å². The minimum atomic E-state index is -0.0486. The molecule has 0 saturated heterocycles. The zero-order valence-electron chi connectivity index (χ0n) is 16.6. The lowest BCUT2D eigenvalue weighted by Crippen LogP contribution is -2.25. The summed E-state index contributed by atoms with van der Waals surface area (Å²) >= 11 is 1.62. The van der Waals surface area contributed by atoms with Crippen molar-refractivity contribution in [1.82, 2.24) is 24.6 Å². The number of hydrogen-bond acceptors (Lipinski definition) is 4. The minimum Gasteiger partial charge on any atom is -0.352 e. The molecule has 0 unspecified atom stereocenters. The minimum absolute atomic E-state index is 0.0486. The van der Waals surface area contributed by atoms with E-state index in [-0.39, 0.29) is 5.91 Å². The van der Waals surface area contributed by atoms with Crippen molar-refractivity contribution in [3.63, 3.8) is 0 Å². The molecule has 6 nitrogen and oxygen atoms in total. The van der Waals surface area contributed by atoms with Crippen LogP contribution in [0.3, 0.4) is 0 Å². The SMILES string of the molecule is CSc1nnc(CCCNC(=O)c2ccc(-n3cccc3)cc2)n1CC(C)C. The first kappa shape index (κ1) is 20.2. The van der Waals surface area contributed by atoms with Gasteiger partial charge < -0.3 is 14.5 Å². The number of aryl methyl sites for hydroxylation is 1. The highest BCUT2D eigenvalue weighted by molar-refractivity contribution is 7.98. The second kappa shape index (κ2) is 9.59. The average Bonchev–Trinajstić information content (AvgIpc) is 3.35. The molecular formula is C21H27N5OS. The summed E-state index contributed by atoms with van der Waals surface area (Å²) < 4.78 is 4.20. The van der Waals surface area contributed by atoms with Crippen LogP contribution in [0, 0.1) is 5.92 Å². The van der Waals surface area contributed by atoms with E-state index in [1.807, 2.05) is 59.6 Å². The zero-order chi connectivity index (χ0) is 19.9. The van der Waals surface area contributed by atoms with E-state index in [9.17, 15) is 4.79 Å². The molecule has 1 amide bonds. The van der Waals surface area contributed by atoms with Crippen molar-refractivity contribution < 1.29 is 4.79 Å². The molecule has 1 aromatic carbocycles. The number of thioether (sulfide) groups is 1. The van der Waals surface area contributed by atoms with E-state index < -0.39 is 0 Å². The van der Waals surface area contributed by atoms with Crippen LogP contribution in [-0.4, -0.2) is 38.0 Å². The third kappa shape index (κ3) is 5.04. The van der Waals surface area contributed by atoms with Crippen molar-refractivity contribution in [2.24, 2.45) is 5.92 Å². The molecule has 0 aliphatic heterocycles. The largest absolute Gasteiger partial charge is 0.352 e. The molecule has 28 heavy (non-hydrogen) atoms. The van der Waals surface area contributed by atoms with E-state index in [4.69, 9.17) is 0 Å². The van der Waals surface area contributed by atoms with Gasteiger partial charge in [0, 0.05) is 43.2 Å². The van der Waals surface area contributed by atoms with Gasteiger partial charge in [-0.1, -0.05) is 25.6 Å². The highest BCUT2D eigenvalue weighted by Crippen LogP contribution is 2.16. The highest BCUT2D eigenvalue weighted by Gasteiger charge is 2.12. The summed E-state index contributed by atoms with van der Waals surface area (Å²) in [5.74, 6) is 1.48. The quantitative estimate of drug-likeness (QED) is 0.440. The Bertz CT molecular complexity index is 884. The number of nitrogens with one attached hydrogen (secondary N) is 1. The van der Waals surface area contributed by atoms with Gasteiger partial charge in [-0.3, -0.25) is 4.79 Å². The van der Waals surface area contributed by atoms with Crippen LogP contribution in [0.25, 0.3) is 5.69 Å². The van der Waals surface area contributed by atoms with Crippen molar-refractivity contribution in [2.75, 3.05) is 12.8 Å². The predicted octanol–water partition coefficient (Wildman–Crippen LogP) is 3.81. The Morgan fingerprint density at radius 2 is 1.86 bits per heavy atom. The van der Waals surface area contributed by atoms with Crippen LogP contribution < -0.4 is 5.32 Å². The standard InChI is InChI=1S/C21H27N5OS/c1-16(2)15-26-19(23-24-21(26)28-3)7-6-12-22-20(27)17-8-10-18(11-9-17)25-13-4-5-14-25/h4-5,8-11,13-14,16H,6-7,12,15H2,1-3H3,(H,22,27). The molecule has 0 spiro atoms. The zero-order valence-corrected chi connectivity index (χ0v) is 17.4. The van der Waals surface area contributed by atoms with Crippen LogP contribution in [0.15, 0.2) is 53.9 Å². The first-order chi connectivity index (χ1) is 13.6. The van der Waals surface area contributed by atoms with Gasteiger partial charge in [-0.2, -0.15) is 0 Å². The van der Waals surface area contributed by atoms with Crippen LogP contribution in [0.5, 0.6) is 0 Å². The van der Waals surface area contributed by atoms with Gasteiger partial charge in [0.15, 0.2) is 5.16 Å². The molecule has 0 aliphatic carbocycles. The number of nitrogens with zero attached hydrogens (tertiary/aromatic N) is 4. The topological polar surface area (TPSA) is 64.7 Å². The van der Waals surface area contributed by atoms with E-state index in [1.165, 1.54) is 0 Å². The fourth-order valence-electron chi connectivity index (χ4n) is 3.05. The van der Waals surface area contributed by atoms with Crippen molar-refractivity contribution >= 4 is 17.7 Å². The van der Waals surface area contributed by atoms with Crippen LogP contribution in [0.2, 0.25) is 0 Å². The number of rotatable bonds is 9. The van der Waals surface area contributed by atoms with Crippen LogP contribution in [-0.2, 0) is 13.0 Å². The number of carbonyl (C=O) groups excluding carboxylic acids is 1. The van der Waals surface area contributed by atoms with Crippen molar-refractivity contribution in [3.05, 3.63) is 60.2 Å². The van der Waals surface area contributed by atoms with Gasteiger partial charge in [0.25, 0.3) is 5.91 Å². The summed E-state index contributed by atoms with van der Waals surface area (Å²) in [5, 5.41) is 12.5. The van der Waals surface area contributed by atoms with E-state index in [0.717, 1.165) is 36.1 Å². The second-order valence-corrected chi connectivity index (χ2v) is 7.88. The molecule has 0 atom stereocenters. The van der Waals surface area contributed by atoms with Crippen LogP contribution >= 0.6 is 11.8 Å². The van der Waals surface area contributed by atoms with Gasteiger partial charge >= 0.3 is 0 Å². The molecule has 0 saturated carbocycles. The number of aromatic nitrogens is 4. The van der Waals surface area contributed by atoms with E-state index >= 15 is 0 Å². The Labute approximate surface area is 170 Å². The van der Waals surface area contributed by atoms with Gasteiger partial charge in [-0.05, 0) is 55.0 Å². The fourth-order valence-corrected chi connectivity index (χ4v) is 3.57. The summed E-state index contributed by atoms with van der Waals surface area (Å²) in [6, 6.07) is 11.6. The fraction of sp³-hybridized carbons (Fsp3) is 0.381. The maximum atomic E-state index is 12.4. The van der Waals surface area contributed by atoms with Gasteiger partial charge in [0.1, 0.15) is 5.82 Å². The van der Waals surface area contributed by atoms with E-state index in [0.29, 0.717) is 18.0 Å². The number of carbonyl (C=O) groups is 1. The number of amides is 1. The molecule has 0 radical (unpaired) electrons. The lowest BCUT2D eigenvalue weighted by atomic mass is 10.2. The Morgan fingerprint density at radius 1 is 1.14 bits per heavy atom. The predicted molar refractivity (Wildman–Crippen MR) is 113 cm³/mol. The Hall–Kier alpha value is -2.54. The Balaban J connectivity index is 1.50. The molecule has 3 rings (SSSR count). The molecular weight excluding hydrogens is 370 g/mol. The van der Waals surface area contributed by atoms with Crippen LogP contribution in [0.1, 0.15) is 36.5 Å². The van der Waals surface area contributed by atoms with Crippen LogP contribution in [0.4, 0.5) is 0 Å². The lowest BCUT2D eigenvalue weighted by Gasteiger charge is -2.12. The second-order valence-electron chi connectivity index (χ2n) is 7.10. The number of benzene rings is 1. The monoisotopic (exact) mass is 397 g/mol.